The topological polar surface area (TPSA) is 38.7 Å². The predicted molar refractivity (Wildman–Crippen MR) is 61.5 cm³/mol. The third-order valence-electron chi connectivity index (χ3n) is 1.87. The van der Waals surface area contributed by atoms with Gasteiger partial charge in [-0.1, -0.05) is 21.6 Å². The van der Waals surface area contributed by atoms with Gasteiger partial charge in [0.05, 0.1) is 13.2 Å². The van der Waals surface area contributed by atoms with Crippen molar-refractivity contribution in [2.75, 3.05) is 31.3 Å². The van der Waals surface area contributed by atoms with Crippen molar-refractivity contribution in [3.8, 4) is 0 Å². The van der Waals surface area contributed by atoms with Gasteiger partial charge in [-0.05, 0) is 19.3 Å². The predicted octanol–water partition coefficient (Wildman–Crippen LogP) is 1.90. The molecule has 0 radical (unpaired) electrons. The standard InChI is InChI=1S/C9H18O3S2/c10-4-7-13-14-8-6-12-9-3-1-2-5-11-9/h9-10H,1-8H2. The minimum absolute atomic E-state index is 0.0344. The second-order valence-electron chi connectivity index (χ2n) is 3.03. The van der Waals surface area contributed by atoms with E-state index in [4.69, 9.17) is 14.6 Å². The van der Waals surface area contributed by atoms with Gasteiger partial charge < -0.3 is 14.6 Å². The molecule has 3 nitrogen and oxygen atoms in total. The molecular weight excluding hydrogens is 220 g/mol. The van der Waals surface area contributed by atoms with E-state index in [1.807, 2.05) is 0 Å². The molecule has 1 aliphatic heterocycles. The number of hydrogen-bond acceptors (Lipinski definition) is 5. The first-order valence-electron chi connectivity index (χ1n) is 5.02. The van der Waals surface area contributed by atoms with Crippen LogP contribution >= 0.6 is 21.6 Å². The Morgan fingerprint density at radius 3 is 2.86 bits per heavy atom. The maximum absolute atomic E-state index is 8.54. The van der Waals surface area contributed by atoms with Crippen molar-refractivity contribution in [3.63, 3.8) is 0 Å². The van der Waals surface area contributed by atoms with E-state index in [1.165, 1.54) is 12.8 Å². The van der Waals surface area contributed by atoms with Gasteiger partial charge in [-0.25, -0.2) is 0 Å². The highest BCUT2D eigenvalue weighted by Gasteiger charge is 2.13. The van der Waals surface area contributed by atoms with E-state index in [0.717, 1.165) is 31.1 Å². The van der Waals surface area contributed by atoms with Gasteiger partial charge in [0, 0.05) is 18.1 Å². The van der Waals surface area contributed by atoms with Crippen molar-refractivity contribution in [2.24, 2.45) is 0 Å². The highest BCUT2D eigenvalue weighted by atomic mass is 33.1. The van der Waals surface area contributed by atoms with Crippen molar-refractivity contribution in [3.05, 3.63) is 0 Å². The normalized spacial score (nSPS) is 22.5. The van der Waals surface area contributed by atoms with Gasteiger partial charge >= 0.3 is 0 Å². The van der Waals surface area contributed by atoms with Crippen molar-refractivity contribution < 1.29 is 14.6 Å². The van der Waals surface area contributed by atoms with E-state index in [-0.39, 0.29) is 12.9 Å². The molecule has 84 valence electrons. The summed E-state index contributed by atoms with van der Waals surface area (Å²) in [5, 5.41) is 8.54. The van der Waals surface area contributed by atoms with Gasteiger partial charge in [0.15, 0.2) is 6.29 Å². The van der Waals surface area contributed by atoms with E-state index in [9.17, 15) is 0 Å². The van der Waals surface area contributed by atoms with Crippen LogP contribution in [0, 0.1) is 0 Å². The zero-order valence-corrected chi connectivity index (χ0v) is 9.95. The number of ether oxygens (including phenoxy) is 2. The molecule has 1 saturated heterocycles. The Labute approximate surface area is 93.3 Å². The smallest absolute Gasteiger partial charge is 0.157 e. The van der Waals surface area contributed by atoms with Crippen LogP contribution in [-0.2, 0) is 9.47 Å². The minimum atomic E-state index is 0.0344. The molecule has 1 fully saturated rings. The average Bonchev–Trinajstić information content (AvgIpc) is 2.25. The highest BCUT2D eigenvalue weighted by molar-refractivity contribution is 8.76. The zero-order valence-electron chi connectivity index (χ0n) is 8.31. The lowest BCUT2D eigenvalue weighted by Crippen LogP contribution is -2.23. The molecule has 0 aromatic heterocycles. The third-order valence-corrected chi connectivity index (χ3v) is 4.22. The highest BCUT2D eigenvalue weighted by Crippen LogP contribution is 2.20. The number of aliphatic hydroxyl groups excluding tert-OH is 1. The van der Waals surface area contributed by atoms with Crippen molar-refractivity contribution in [1.29, 1.82) is 0 Å². The van der Waals surface area contributed by atoms with Crippen LogP contribution in [0.2, 0.25) is 0 Å². The molecule has 1 rings (SSSR count). The quantitative estimate of drug-likeness (QED) is 0.542. The maximum atomic E-state index is 8.54. The van der Waals surface area contributed by atoms with Gasteiger partial charge in [-0.2, -0.15) is 0 Å². The van der Waals surface area contributed by atoms with E-state index in [1.54, 1.807) is 21.6 Å². The molecule has 1 N–H and O–H groups in total. The summed E-state index contributed by atoms with van der Waals surface area (Å²) in [6.07, 6.45) is 3.46. The molecule has 5 heteroatoms. The molecule has 1 heterocycles. The molecule has 0 bridgehead atoms. The van der Waals surface area contributed by atoms with Gasteiger partial charge in [0.25, 0.3) is 0 Å². The average molecular weight is 238 g/mol. The molecule has 14 heavy (non-hydrogen) atoms. The summed E-state index contributed by atoms with van der Waals surface area (Å²) in [5.74, 6) is 1.76. The van der Waals surface area contributed by atoms with Gasteiger partial charge in [0.2, 0.25) is 0 Å². The number of hydrogen-bond donors (Lipinski definition) is 1. The largest absolute Gasteiger partial charge is 0.395 e. The summed E-state index contributed by atoms with van der Waals surface area (Å²) in [5.41, 5.74) is 0. The van der Waals surface area contributed by atoms with Crippen molar-refractivity contribution in [2.45, 2.75) is 25.6 Å². The lowest BCUT2D eigenvalue weighted by Gasteiger charge is -2.22. The Bertz CT molecular complexity index is 129. The monoisotopic (exact) mass is 238 g/mol. The Balaban J connectivity index is 1.82. The molecular formula is C9H18O3S2. The molecule has 0 aromatic rings. The minimum Gasteiger partial charge on any atom is -0.395 e. The molecule has 0 amide bonds. The summed E-state index contributed by atoms with van der Waals surface area (Å²) in [4.78, 5) is 0. The Kier molecular flexibility index (Phi) is 8.00. The van der Waals surface area contributed by atoms with E-state index in [2.05, 4.69) is 0 Å². The van der Waals surface area contributed by atoms with Crippen LogP contribution in [0.5, 0.6) is 0 Å². The summed E-state index contributed by atoms with van der Waals surface area (Å²) in [6, 6.07) is 0. The summed E-state index contributed by atoms with van der Waals surface area (Å²) >= 11 is 0. The van der Waals surface area contributed by atoms with Gasteiger partial charge in [0.1, 0.15) is 0 Å². The van der Waals surface area contributed by atoms with E-state index in [0.29, 0.717) is 0 Å². The van der Waals surface area contributed by atoms with Crippen LogP contribution in [0.15, 0.2) is 0 Å². The molecule has 0 saturated carbocycles. The van der Waals surface area contributed by atoms with Crippen molar-refractivity contribution >= 4 is 21.6 Å². The fourth-order valence-electron chi connectivity index (χ4n) is 1.21. The van der Waals surface area contributed by atoms with Gasteiger partial charge in [-0.15, -0.1) is 0 Å². The third kappa shape index (κ3) is 6.14. The van der Waals surface area contributed by atoms with Crippen LogP contribution in [0.25, 0.3) is 0 Å². The van der Waals surface area contributed by atoms with Crippen LogP contribution in [-0.4, -0.2) is 42.7 Å². The molecule has 0 aromatic carbocycles. The summed E-state index contributed by atoms with van der Waals surface area (Å²) in [6.45, 7) is 1.84. The van der Waals surface area contributed by atoms with Crippen LogP contribution in [0.3, 0.4) is 0 Å². The summed E-state index contributed by atoms with van der Waals surface area (Å²) in [7, 11) is 3.43. The summed E-state index contributed by atoms with van der Waals surface area (Å²) < 4.78 is 11.0. The van der Waals surface area contributed by atoms with Crippen LogP contribution < -0.4 is 0 Å². The SMILES string of the molecule is OCCSSCCOC1CCCCO1. The fourth-order valence-corrected chi connectivity index (χ4v) is 2.82. The molecule has 0 spiro atoms. The second-order valence-corrected chi connectivity index (χ2v) is 5.74. The molecule has 0 aliphatic carbocycles. The van der Waals surface area contributed by atoms with Crippen LogP contribution in [0.1, 0.15) is 19.3 Å². The lowest BCUT2D eigenvalue weighted by atomic mass is 10.2. The Hall–Kier alpha value is 0.580. The Morgan fingerprint density at radius 2 is 2.14 bits per heavy atom. The molecule has 1 aliphatic rings. The first-order valence-corrected chi connectivity index (χ1v) is 7.51. The van der Waals surface area contributed by atoms with Gasteiger partial charge in [-0.3, -0.25) is 0 Å². The van der Waals surface area contributed by atoms with E-state index >= 15 is 0 Å². The van der Waals surface area contributed by atoms with Crippen molar-refractivity contribution in [1.82, 2.24) is 0 Å². The zero-order chi connectivity index (χ0) is 10.1. The van der Waals surface area contributed by atoms with E-state index < -0.39 is 0 Å². The fraction of sp³-hybridized carbons (Fsp3) is 1.00. The molecule has 1 atom stereocenters. The first-order chi connectivity index (χ1) is 6.93. The van der Waals surface area contributed by atoms with Crippen LogP contribution in [0.4, 0.5) is 0 Å². The Morgan fingerprint density at radius 1 is 1.29 bits per heavy atom. The first kappa shape index (κ1) is 12.6. The number of rotatable bonds is 7. The second kappa shape index (κ2) is 8.85. The maximum Gasteiger partial charge on any atom is 0.157 e. The number of aliphatic hydroxyl groups is 1. The lowest BCUT2D eigenvalue weighted by molar-refractivity contribution is -0.158. The molecule has 1 unspecified atom stereocenters.